The van der Waals surface area contributed by atoms with Gasteiger partial charge in [-0.3, -0.25) is 14.4 Å². The van der Waals surface area contributed by atoms with Crippen LogP contribution < -0.4 is 0 Å². The van der Waals surface area contributed by atoms with E-state index in [1.807, 2.05) is 0 Å². The first kappa shape index (κ1) is 18.1. The Balaban J connectivity index is 2.34. The van der Waals surface area contributed by atoms with Crippen molar-refractivity contribution in [2.24, 2.45) is 0 Å². The van der Waals surface area contributed by atoms with Gasteiger partial charge in [0.2, 0.25) is 6.29 Å². The van der Waals surface area contributed by atoms with E-state index in [9.17, 15) is 19.5 Å². The number of Topliss-reactive ketones (excluding diaryl/α,β-unsaturated/α-hetero) is 1. The lowest BCUT2D eigenvalue weighted by molar-refractivity contribution is -0.202. The van der Waals surface area contributed by atoms with Crippen molar-refractivity contribution in [2.75, 3.05) is 6.61 Å². The quantitative estimate of drug-likeness (QED) is 0.636. The number of esters is 2. The van der Waals surface area contributed by atoms with E-state index in [0.717, 1.165) is 5.56 Å². The fraction of sp³-hybridized carbons (Fsp3) is 0.471. The first-order valence-corrected chi connectivity index (χ1v) is 7.52. The van der Waals surface area contributed by atoms with Crippen LogP contribution in [0.5, 0.6) is 0 Å². The fourth-order valence-corrected chi connectivity index (χ4v) is 2.73. The maximum absolute atomic E-state index is 12.9. The Morgan fingerprint density at radius 2 is 1.83 bits per heavy atom. The van der Waals surface area contributed by atoms with Gasteiger partial charge in [0.25, 0.3) is 0 Å². The molecule has 1 N–H and O–H groups in total. The highest BCUT2D eigenvalue weighted by molar-refractivity contribution is 6.04. The van der Waals surface area contributed by atoms with Crippen molar-refractivity contribution < 1.29 is 33.7 Å². The zero-order valence-corrected chi connectivity index (χ0v) is 13.8. The lowest BCUT2D eigenvalue weighted by Crippen LogP contribution is -2.43. The predicted octanol–water partition coefficient (Wildman–Crippen LogP) is 1.15. The number of benzene rings is 1. The molecule has 1 aliphatic heterocycles. The van der Waals surface area contributed by atoms with E-state index in [4.69, 9.17) is 14.2 Å². The third kappa shape index (κ3) is 3.63. The molecule has 7 nitrogen and oxygen atoms in total. The van der Waals surface area contributed by atoms with Crippen LogP contribution in [0.2, 0.25) is 0 Å². The summed E-state index contributed by atoms with van der Waals surface area (Å²) in [6, 6.07) is 6.88. The van der Waals surface area contributed by atoms with E-state index >= 15 is 0 Å². The number of ketones is 1. The molecule has 0 aliphatic carbocycles. The minimum atomic E-state index is -1.63. The molecule has 0 spiro atoms. The lowest BCUT2D eigenvalue weighted by Gasteiger charge is -2.25. The van der Waals surface area contributed by atoms with Crippen LogP contribution in [0.15, 0.2) is 24.3 Å². The molecule has 7 heteroatoms. The van der Waals surface area contributed by atoms with E-state index in [1.165, 1.54) is 13.8 Å². The standard InChI is InChI=1S/C17H20O7/c1-10-6-4-5-7-13(10)15(21)17(9-18)8-14(22-11(2)19)16(24-17)23-12(3)20/h4-7,14,16,18H,8-9H2,1-3H3/t14-,16?,17+/m1/s1. The van der Waals surface area contributed by atoms with Gasteiger partial charge in [-0.1, -0.05) is 24.3 Å². The van der Waals surface area contributed by atoms with Crippen LogP contribution in [0.1, 0.15) is 36.2 Å². The highest BCUT2D eigenvalue weighted by Gasteiger charge is 2.54. The molecule has 1 unspecified atom stereocenters. The number of aliphatic hydroxyl groups is 1. The Hall–Kier alpha value is -2.25. The third-order valence-electron chi connectivity index (χ3n) is 3.83. The van der Waals surface area contributed by atoms with Gasteiger partial charge in [-0.15, -0.1) is 0 Å². The summed E-state index contributed by atoms with van der Waals surface area (Å²) in [5.41, 5.74) is -0.526. The molecule has 3 atom stereocenters. The zero-order valence-electron chi connectivity index (χ0n) is 13.8. The first-order valence-electron chi connectivity index (χ1n) is 7.52. The maximum atomic E-state index is 12.9. The molecule has 24 heavy (non-hydrogen) atoms. The number of ether oxygens (including phenoxy) is 3. The molecule has 0 aromatic heterocycles. The van der Waals surface area contributed by atoms with Gasteiger partial charge in [0.05, 0.1) is 6.61 Å². The predicted molar refractivity (Wildman–Crippen MR) is 82.1 cm³/mol. The molecule has 1 aromatic carbocycles. The van der Waals surface area contributed by atoms with Crippen LogP contribution in [-0.2, 0) is 23.8 Å². The van der Waals surface area contributed by atoms with Crippen molar-refractivity contribution in [3.63, 3.8) is 0 Å². The molecule has 1 heterocycles. The number of hydrogen-bond acceptors (Lipinski definition) is 7. The summed E-state index contributed by atoms with van der Waals surface area (Å²) in [6.45, 7) is 3.51. The monoisotopic (exact) mass is 336 g/mol. The topological polar surface area (TPSA) is 99.1 Å². The van der Waals surface area contributed by atoms with E-state index in [2.05, 4.69) is 0 Å². The normalized spacial score (nSPS) is 26.0. The van der Waals surface area contributed by atoms with Gasteiger partial charge in [0.1, 0.15) is 0 Å². The van der Waals surface area contributed by atoms with Crippen LogP contribution >= 0.6 is 0 Å². The minimum Gasteiger partial charge on any atom is -0.456 e. The minimum absolute atomic E-state index is 0.103. The van der Waals surface area contributed by atoms with Crippen LogP contribution in [0.25, 0.3) is 0 Å². The molecule has 1 saturated heterocycles. The number of carbonyl (C=O) groups excluding carboxylic acids is 3. The van der Waals surface area contributed by atoms with Crippen molar-refractivity contribution in [2.45, 2.75) is 45.2 Å². The molecule has 1 aliphatic rings. The van der Waals surface area contributed by atoms with Gasteiger partial charge in [-0.25, -0.2) is 0 Å². The Kier molecular flexibility index (Phi) is 5.36. The molecule has 0 saturated carbocycles. The van der Waals surface area contributed by atoms with Crippen molar-refractivity contribution in [3.05, 3.63) is 35.4 Å². The van der Waals surface area contributed by atoms with Crippen LogP contribution in [0.4, 0.5) is 0 Å². The summed E-state index contributed by atoms with van der Waals surface area (Å²) < 4.78 is 15.7. The smallest absolute Gasteiger partial charge is 0.305 e. The molecular formula is C17H20O7. The van der Waals surface area contributed by atoms with Crippen molar-refractivity contribution >= 4 is 17.7 Å². The Morgan fingerprint density at radius 3 is 2.38 bits per heavy atom. The van der Waals surface area contributed by atoms with Gasteiger partial charge in [-0.2, -0.15) is 0 Å². The summed E-state index contributed by atoms with van der Waals surface area (Å²) in [5.74, 6) is -1.69. The van der Waals surface area contributed by atoms with Gasteiger partial charge < -0.3 is 19.3 Å². The number of hydrogen-bond donors (Lipinski definition) is 1. The molecule has 130 valence electrons. The molecule has 0 amide bonds. The van der Waals surface area contributed by atoms with Gasteiger partial charge >= 0.3 is 11.9 Å². The summed E-state index contributed by atoms with van der Waals surface area (Å²) in [5, 5.41) is 9.82. The maximum Gasteiger partial charge on any atom is 0.305 e. The van der Waals surface area contributed by atoms with Gasteiger partial charge in [-0.05, 0) is 12.5 Å². The second-order valence-corrected chi connectivity index (χ2v) is 5.74. The van der Waals surface area contributed by atoms with E-state index in [0.29, 0.717) is 5.56 Å². The van der Waals surface area contributed by atoms with Gasteiger partial charge in [0.15, 0.2) is 17.5 Å². The Labute approximate surface area is 139 Å². The van der Waals surface area contributed by atoms with Crippen molar-refractivity contribution in [1.82, 2.24) is 0 Å². The number of rotatable bonds is 5. The van der Waals surface area contributed by atoms with E-state index in [1.54, 1.807) is 31.2 Å². The number of carbonyl (C=O) groups is 3. The van der Waals surface area contributed by atoms with E-state index in [-0.39, 0.29) is 6.42 Å². The second kappa shape index (κ2) is 7.11. The Bertz CT molecular complexity index is 628. The summed E-state index contributed by atoms with van der Waals surface area (Å²) >= 11 is 0. The first-order chi connectivity index (χ1) is 11.3. The van der Waals surface area contributed by atoms with Gasteiger partial charge in [0, 0.05) is 25.8 Å². The highest BCUT2D eigenvalue weighted by Crippen LogP contribution is 2.36. The third-order valence-corrected chi connectivity index (χ3v) is 3.83. The molecule has 0 radical (unpaired) electrons. The van der Waals surface area contributed by atoms with Crippen LogP contribution in [-0.4, -0.2) is 47.4 Å². The average Bonchev–Trinajstić information content (AvgIpc) is 2.84. The second-order valence-electron chi connectivity index (χ2n) is 5.74. The fourth-order valence-electron chi connectivity index (χ4n) is 2.73. The van der Waals surface area contributed by atoms with Crippen LogP contribution in [0.3, 0.4) is 0 Å². The van der Waals surface area contributed by atoms with E-state index < -0.39 is 42.3 Å². The number of aryl methyl sites for hydroxylation is 1. The summed E-state index contributed by atoms with van der Waals surface area (Å²) in [7, 11) is 0. The van der Waals surface area contributed by atoms with Crippen molar-refractivity contribution in [3.8, 4) is 0 Å². The molecule has 1 fully saturated rings. The average molecular weight is 336 g/mol. The van der Waals surface area contributed by atoms with Crippen molar-refractivity contribution in [1.29, 1.82) is 0 Å². The largest absolute Gasteiger partial charge is 0.456 e. The lowest BCUT2D eigenvalue weighted by atomic mass is 9.88. The number of aliphatic hydroxyl groups excluding tert-OH is 1. The molecule has 0 bridgehead atoms. The molecule has 2 rings (SSSR count). The van der Waals surface area contributed by atoms with Crippen LogP contribution in [0, 0.1) is 6.92 Å². The SMILES string of the molecule is CC(=O)OC1O[C@@](CO)(C(=O)c2ccccc2C)C[C@H]1OC(C)=O. The highest BCUT2D eigenvalue weighted by atomic mass is 16.7. The Morgan fingerprint density at radius 1 is 1.21 bits per heavy atom. The zero-order chi connectivity index (χ0) is 17.9. The molecular weight excluding hydrogens is 316 g/mol. The summed E-state index contributed by atoms with van der Waals surface area (Å²) in [4.78, 5) is 35.4. The molecule has 1 aromatic rings. The summed E-state index contributed by atoms with van der Waals surface area (Å²) in [6.07, 6.45) is -2.31.